The minimum atomic E-state index is -0.672. The average Bonchev–Trinajstić information content (AvgIpc) is 2.64. The molecule has 0 spiro atoms. The molecule has 1 heterocycles. The second-order valence-corrected chi connectivity index (χ2v) is 3.12. The van der Waals surface area contributed by atoms with Gasteiger partial charge in [-0.3, -0.25) is 4.79 Å². The molecule has 16 heavy (non-hydrogen) atoms. The summed E-state index contributed by atoms with van der Waals surface area (Å²) in [7, 11) is 0. The van der Waals surface area contributed by atoms with Gasteiger partial charge < -0.3 is 4.52 Å². The number of benzene rings is 1. The summed E-state index contributed by atoms with van der Waals surface area (Å²) < 4.78 is 30.2. The van der Waals surface area contributed by atoms with Crippen LogP contribution in [0.3, 0.4) is 0 Å². The van der Waals surface area contributed by atoms with Crippen molar-refractivity contribution in [2.24, 2.45) is 0 Å². The highest BCUT2D eigenvalue weighted by molar-refractivity contribution is 5.66. The first-order valence-electron chi connectivity index (χ1n) is 4.40. The van der Waals surface area contributed by atoms with Crippen LogP contribution in [-0.4, -0.2) is 16.4 Å². The maximum atomic E-state index is 12.8. The highest BCUT2D eigenvalue weighted by Gasteiger charge is 2.07. The van der Waals surface area contributed by atoms with Crippen molar-refractivity contribution in [2.45, 2.75) is 6.42 Å². The fourth-order valence-corrected chi connectivity index (χ4v) is 1.28. The standard InChI is InChI=1S/C10H6F2N2O2/c11-7-1-6(2-8(12)4-7)3-9-13-10(5-15)16-14-9/h1-2,4-5H,3H2. The van der Waals surface area contributed by atoms with Gasteiger partial charge in [0.25, 0.3) is 5.89 Å². The molecule has 2 rings (SSSR count). The van der Waals surface area contributed by atoms with Crippen molar-refractivity contribution in [1.82, 2.24) is 10.1 Å². The van der Waals surface area contributed by atoms with E-state index in [-0.39, 0.29) is 18.1 Å². The Morgan fingerprint density at radius 1 is 1.25 bits per heavy atom. The lowest BCUT2D eigenvalue weighted by atomic mass is 10.1. The third-order valence-electron chi connectivity index (χ3n) is 1.87. The van der Waals surface area contributed by atoms with Gasteiger partial charge in [-0.1, -0.05) is 5.16 Å². The van der Waals surface area contributed by atoms with Crippen LogP contribution in [0.4, 0.5) is 8.78 Å². The Morgan fingerprint density at radius 3 is 2.50 bits per heavy atom. The molecular weight excluding hydrogens is 218 g/mol. The Hall–Kier alpha value is -2.11. The maximum absolute atomic E-state index is 12.8. The molecule has 0 radical (unpaired) electrons. The van der Waals surface area contributed by atoms with E-state index >= 15 is 0 Å². The summed E-state index contributed by atoms with van der Waals surface area (Å²) in [6, 6.07) is 3.11. The van der Waals surface area contributed by atoms with Crippen LogP contribution in [-0.2, 0) is 6.42 Å². The van der Waals surface area contributed by atoms with Crippen LogP contribution in [0.5, 0.6) is 0 Å². The number of aromatic nitrogens is 2. The number of carbonyl (C=O) groups is 1. The molecule has 0 aliphatic carbocycles. The molecule has 0 saturated carbocycles. The van der Waals surface area contributed by atoms with Gasteiger partial charge in [0.15, 0.2) is 5.82 Å². The fraction of sp³-hybridized carbons (Fsp3) is 0.100. The van der Waals surface area contributed by atoms with Gasteiger partial charge in [-0.2, -0.15) is 4.98 Å². The second-order valence-electron chi connectivity index (χ2n) is 3.12. The Morgan fingerprint density at radius 2 is 1.94 bits per heavy atom. The van der Waals surface area contributed by atoms with E-state index in [4.69, 9.17) is 0 Å². The molecule has 1 aromatic heterocycles. The molecule has 1 aromatic carbocycles. The predicted octanol–water partition coefficient (Wildman–Crippen LogP) is 1.75. The largest absolute Gasteiger partial charge is 0.331 e. The van der Waals surface area contributed by atoms with Crippen LogP contribution in [0.15, 0.2) is 22.7 Å². The van der Waals surface area contributed by atoms with E-state index in [1.807, 2.05) is 0 Å². The Bertz CT molecular complexity index is 505. The topological polar surface area (TPSA) is 56.0 Å². The van der Waals surface area contributed by atoms with Gasteiger partial charge in [0.05, 0.1) is 0 Å². The number of aldehydes is 1. The Kier molecular flexibility index (Phi) is 2.72. The van der Waals surface area contributed by atoms with Crippen molar-refractivity contribution in [3.63, 3.8) is 0 Å². The third-order valence-corrected chi connectivity index (χ3v) is 1.87. The first-order chi connectivity index (χ1) is 7.67. The molecule has 4 nitrogen and oxygen atoms in total. The summed E-state index contributed by atoms with van der Waals surface area (Å²) in [5.41, 5.74) is 0.371. The molecule has 0 bridgehead atoms. The van der Waals surface area contributed by atoms with Crippen LogP contribution in [0, 0.1) is 11.6 Å². The van der Waals surface area contributed by atoms with Gasteiger partial charge in [-0.25, -0.2) is 8.78 Å². The lowest BCUT2D eigenvalue weighted by molar-refractivity contribution is 0.108. The maximum Gasteiger partial charge on any atom is 0.290 e. The van der Waals surface area contributed by atoms with Crippen LogP contribution in [0.1, 0.15) is 22.1 Å². The molecule has 0 amide bonds. The van der Waals surface area contributed by atoms with Crippen LogP contribution in [0.2, 0.25) is 0 Å². The number of rotatable bonds is 3. The van der Waals surface area contributed by atoms with E-state index in [2.05, 4.69) is 14.7 Å². The molecule has 0 saturated heterocycles. The third kappa shape index (κ3) is 2.28. The normalized spacial score (nSPS) is 10.4. The molecule has 0 fully saturated rings. The quantitative estimate of drug-likeness (QED) is 0.745. The summed E-state index contributed by atoms with van der Waals surface area (Å²) >= 11 is 0. The number of halogens is 2. The fourth-order valence-electron chi connectivity index (χ4n) is 1.28. The summed E-state index contributed by atoms with van der Waals surface area (Å²) in [6.07, 6.45) is 0.509. The molecule has 0 N–H and O–H groups in total. The summed E-state index contributed by atoms with van der Waals surface area (Å²) in [5, 5.41) is 3.48. The summed E-state index contributed by atoms with van der Waals surface area (Å²) in [6.45, 7) is 0. The van der Waals surface area contributed by atoms with Crippen molar-refractivity contribution >= 4 is 6.29 Å². The molecule has 0 aliphatic heterocycles. The zero-order valence-electron chi connectivity index (χ0n) is 7.98. The average molecular weight is 224 g/mol. The van der Waals surface area contributed by atoms with Crippen molar-refractivity contribution in [2.75, 3.05) is 0 Å². The van der Waals surface area contributed by atoms with Crippen LogP contribution >= 0.6 is 0 Å². The van der Waals surface area contributed by atoms with Gasteiger partial charge in [-0.15, -0.1) is 0 Å². The van der Waals surface area contributed by atoms with E-state index < -0.39 is 11.6 Å². The SMILES string of the molecule is O=Cc1nc(Cc2cc(F)cc(F)c2)no1. The molecular formula is C10H6F2N2O2. The lowest BCUT2D eigenvalue weighted by Gasteiger charge is -1.97. The lowest BCUT2D eigenvalue weighted by Crippen LogP contribution is -1.93. The van der Waals surface area contributed by atoms with E-state index in [9.17, 15) is 13.6 Å². The minimum absolute atomic E-state index is 0.103. The van der Waals surface area contributed by atoms with E-state index in [1.165, 1.54) is 12.1 Å². The van der Waals surface area contributed by atoms with Crippen molar-refractivity contribution in [3.8, 4) is 0 Å². The molecule has 6 heteroatoms. The first kappa shape index (κ1) is 10.4. The molecule has 2 aromatic rings. The minimum Gasteiger partial charge on any atom is -0.331 e. The van der Waals surface area contributed by atoms with Gasteiger partial charge in [0, 0.05) is 12.5 Å². The van der Waals surface area contributed by atoms with Gasteiger partial charge >= 0.3 is 0 Å². The molecule has 0 aliphatic rings. The summed E-state index contributed by atoms with van der Waals surface area (Å²) in [4.78, 5) is 14.0. The highest BCUT2D eigenvalue weighted by Crippen LogP contribution is 2.11. The van der Waals surface area contributed by atoms with Crippen molar-refractivity contribution < 1.29 is 18.1 Å². The van der Waals surface area contributed by atoms with Gasteiger partial charge in [-0.05, 0) is 17.7 Å². The zero-order chi connectivity index (χ0) is 11.5. The number of hydrogen-bond donors (Lipinski definition) is 0. The number of nitrogens with zero attached hydrogens (tertiary/aromatic N) is 2. The van der Waals surface area contributed by atoms with Crippen molar-refractivity contribution in [1.29, 1.82) is 0 Å². The smallest absolute Gasteiger partial charge is 0.290 e. The number of carbonyl (C=O) groups excluding carboxylic acids is 1. The van der Waals surface area contributed by atoms with E-state index in [0.717, 1.165) is 6.07 Å². The zero-order valence-corrected chi connectivity index (χ0v) is 7.98. The second kappa shape index (κ2) is 4.18. The molecule has 0 atom stereocenters. The van der Waals surface area contributed by atoms with Gasteiger partial charge in [0.2, 0.25) is 6.29 Å². The first-order valence-corrected chi connectivity index (χ1v) is 4.40. The van der Waals surface area contributed by atoms with E-state index in [1.54, 1.807) is 0 Å². The van der Waals surface area contributed by atoms with Crippen molar-refractivity contribution in [3.05, 3.63) is 47.1 Å². The number of hydrogen-bond acceptors (Lipinski definition) is 4. The van der Waals surface area contributed by atoms with Crippen LogP contribution < -0.4 is 0 Å². The molecule has 0 unspecified atom stereocenters. The predicted molar refractivity (Wildman–Crippen MR) is 48.8 cm³/mol. The van der Waals surface area contributed by atoms with Crippen LogP contribution in [0.25, 0.3) is 0 Å². The van der Waals surface area contributed by atoms with E-state index in [0.29, 0.717) is 11.8 Å². The Balaban J connectivity index is 2.22. The van der Waals surface area contributed by atoms with Gasteiger partial charge in [0.1, 0.15) is 11.6 Å². The summed E-state index contributed by atoms with van der Waals surface area (Å²) in [5.74, 6) is -1.30. The Labute approximate surface area is 88.9 Å². The monoisotopic (exact) mass is 224 g/mol. The molecule has 82 valence electrons. The highest BCUT2D eigenvalue weighted by atomic mass is 19.1.